The Kier molecular flexibility index (Phi) is 3.96. The van der Waals surface area contributed by atoms with Crippen LogP contribution >= 0.6 is 0 Å². The Morgan fingerprint density at radius 2 is 1.95 bits per heavy atom. The topological polar surface area (TPSA) is 59.8 Å². The van der Waals surface area contributed by atoms with Gasteiger partial charge >= 0.3 is 0 Å². The molecule has 2 aromatic heterocycles. The molecule has 2 heterocycles. The van der Waals surface area contributed by atoms with E-state index in [1.165, 1.54) is 0 Å². The van der Waals surface area contributed by atoms with Crippen LogP contribution in [-0.4, -0.2) is 20.4 Å². The first kappa shape index (κ1) is 14.0. The molecule has 5 heteroatoms. The monoisotopic (exact) mass is 292 g/mol. The van der Waals surface area contributed by atoms with E-state index in [4.69, 9.17) is 0 Å². The van der Waals surface area contributed by atoms with Gasteiger partial charge in [0.25, 0.3) is 5.91 Å². The zero-order valence-electron chi connectivity index (χ0n) is 12.2. The highest BCUT2D eigenvalue weighted by molar-refractivity contribution is 5.92. The summed E-state index contributed by atoms with van der Waals surface area (Å²) in [6.45, 7) is 1.95. The van der Waals surface area contributed by atoms with Crippen molar-refractivity contribution in [3.8, 4) is 5.69 Å². The molecule has 110 valence electrons. The summed E-state index contributed by atoms with van der Waals surface area (Å²) in [6.07, 6.45) is 6.99. The SMILES string of the molecule is CC(NC(=O)c1ccccn1)c1ccc(-n2ccnc2)cc1. The van der Waals surface area contributed by atoms with Crippen LogP contribution < -0.4 is 5.32 Å². The molecule has 3 rings (SSSR count). The lowest BCUT2D eigenvalue weighted by molar-refractivity contribution is 0.0935. The van der Waals surface area contributed by atoms with Gasteiger partial charge in [-0.3, -0.25) is 9.78 Å². The first-order chi connectivity index (χ1) is 10.7. The molecule has 1 aromatic carbocycles. The summed E-state index contributed by atoms with van der Waals surface area (Å²) in [5.74, 6) is -0.174. The standard InChI is InChI=1S/C17H16N4O/c1-13(20-17(22)16-4-2-3-9-19-16)14-5-7-15(8-6-14)21-11-10-18-12-21/h2-13H,1H3,(H,20,22). The number of hydrogen-bond donors (Lipinski definition) is 1. The van der Waals surface area contributed by atoms with Crippen molar-refractivity contribution < 1.29 is 4.79 Å². The summed E-state index contributed by atoms with van der Waals surface area (Å²) in [7, 11) is 0. The minimum atomic E-state index is -0.174. The first-order valence-electron chi connectivity index (χ1n) is 7.04. The number of pyridine rings is 1. The lowest BCUT2D eigenvalue weighted by Gasteiger charge is -2.14. The zero-order valence-corrected chi connectivity index (χ0v) is 12.2. The summed E-state index contributed by atoms with van der Waals surface area (Å²) >= 11 is 0. The predicted octanol–water partition coefficient (Wildman–Crippen LogP) is 2.76. The number of carbonyl (C=O) groups excluding carboxylic acids is 1. The number of nitrogens with zero attached hydrogens (tertiary/aromatic N) is 3. The third kappa shape index (κ3) is 3.03. The van der Waals surface area contributed by atoms with Crippen LogP contribution in [-0.2, 0) is 0 Å². The second kappa shape index (κ2) is 6.22. The van der Waals surface area contributed by atoms with Crippen molar-refractivity contribution in [3.63, 3.8) is 0 Å². The van der Waals surface area contributed by atoms with Crippen LogP contribution in [0.15, 0.2) is 67.4 Å². The summed E-state index contributed by atoms with van der Waals surface area (Å²) < 4.78 is 1.93. The molecule has 1 atom stereocenters. The minimum absolute atomic E-state index is 0.0913. The molecule has 0 aliphatic carbocycles. The number of nitrogens with one attached hydrogen (secondary N) is 1. The Morgan fingerprint density at radius 3 is 2.59 bits per heavy atom. The van der Waals surface area contributed by atoms with Gasteiger partial charge in [0.15, 0.2) is 0 Å². The maximum Gasteiger partial charge on any atom is 0.270 e. The lowest BCUT2D eigenvalue weighted by atomic mass is 10.1. The fourth-order valence-corrected chi connectivity index (χ4v) is 2.20. The highest BCUT2D eigenvalue weighted by Gasteiger charge is 2.12. The molecule has 1 N–H and O–H groups in total. The summed E-state index contributed by atoms with van der Waals surface area (Å²) in [5.41, 5.74) is 2.49. The van der Waals surface area contributed by atoms with Crippen LogP contribution in [0.1, 0.15) is 29.0 Å². The fourth-order valence-electron chi connectivity index (χ4n) is 2.20. The van der Waals surface area contributed by atoms with E-state index in [2.05, 4.69) is 15.3 Å². The van der Waals surface area contributed by atoms with Gasteiger partial charge in [0.05, 0.1) is 12.4 Å². The van der Waals surface area contributed by atoms with E-state index in [9.17, 15) is 4.79 Å². The van der Waals surface area contributed by atoms with Crippen LogP contribution in [0.4, 0.5) is 0 Å². The van der Waals surface area contributed by atoms with Gasteiger partial charge in [0.1, 0.15) is 5.69 Å². The number of carbonyl (C=O) groups is 1. The van der Waals surface area contributed by atoms with Gasteiger partial charge in [-0.1, -0.05) is 18.2 Å². The molecule has 0 aliphatic heterocycles. The molecule has 5 nitrogen and oxygen atoms in total. The van der Waals surface area contributed by atoms with Crippen molar-refractivity contribution in [1.29, 1.82) is 0 Å². The van der Waals surface area contributed by atoms with Crippen molar-refractivity contribution in [2.24, 2.45) is 0 Å². The third-order valence-corrected chi connectivity index (χ3v) is 3.44. The van der Waals surface area contributed by atoms with Gasteiger partial charge in [-0.05, 0) is 36.8 Å². The van der Waals surface area contributed by atoms with Gasteiger partial charge in [-0.15, -0.1) is 0 Å². The van der Waals surface area contributed by atoms with Crippen LogP contribution in [0.2, 0.25) is 0 Å². The molecular weight excluding hydrogens is 276 g/mol. The first-order valence-corrected chi connectivity index (χ1v) is 7.04. The maximum atomic E-state index is 12.1. The van der Waals surface area contributed by atoms with Gasteiger partial charge in [-0.25, -0.2) is 4.98 Å². The van der Waals surface area contributed by atoms with Gasteiger partial charge < -0.3 is 9.88 Å². The summed E-state index contributed by atoms with van der Waals surface area (Å²) in [5, 5.41) is 2.95. The zero-order chi connectivity index (χ0) is 15.4. The summed E-state index contributed by atoms with van der Waals surface area (Å²) in [6, 6.07) is 13.2. The molecular formula is C17H16N4O. The van der Waals surface area contributed by atoms with E-state index in [1.807, 2.05) is 42.0 Å². The second-order valence-electron chi connectivity index (χ2n) is 4.97. The number of amides is 1. The number of rotatable bonds is 4. The molecule has 0 fully saturated rings. The van der Waals surface area contributed by atoms with Crippen molar-refractivity contribution >= 4 is 5.91 Å². The molecule has 0 aliphatic rings. The fraction of sp³-hybridized carbons (Fsp3) is 0.118. The average Bonchev–Trinajstić information content (AvgIpc) is 3.10. The summed E-state index contributed by atoms with van der Waals surface area (Å²) in [4.78, 5) is 20.2. The molecule has 1 amide bonds. The van der Waals surface area contributed by atoms with Crippen molar-refractivity contribution in [1.82, 2.24) is 19.9 Å². The Labute approximate surface area is 128 Å². The van der Waals surface area contributed by atoms with Crippen molar-refractivity contribution in [3.05, 3.63) is 78.6 Å². The van der Waals surface area contributed by atoms with E-state index < -0.39 is 0 Å². The van der Waals surface area contributed by atoms with Gasteiger partial charge in [0, 0.05) is 24.3 Å². The van der Waals surface area contributed by atoms with Gasteiger partial charge in [-0.2, -0.15) is 0 Å². The number of hydrogen-bond acceptors (Lipinski definition) is 3. The van der Waals surface area contributed by atoms with Gasteiger partial charge in [0.2, 0.25) is 0 Å². The molecule has 0 saturated heterocycles. The Morgan fingerprint density at radius 1 is 1.14 bits per heavy atom. The average molecular weight is 292 g/mol. The Bertz CT molecular complexity index is 736. The van der Waals surface area contributed by atoms with Crippen LogP contribution in [0, 0.1) is 0 Å². The van der Waals surface area contributed by atoms with Crippen molar-refractivity contribution in [2.45, 2.75) is 13.0 Å². The molecule has 22 heavy (non-hydrogen) atoms. The maximum absolute atomic E-state index is 12.1. The third-order valence-electron chi connectivity index (χ3n) is 3.44. The van der Waals surface area contributed by atoms with Crippen molar-refractivity contribution in [2.75, 3.05) is 0 Å². The Hall–Kier alpha value is -2.95. The second-order valence-corrected chi connectivity index (χ2v) is 4.97. The normalized spacial score (nSPS) is 11.9. The highest BCUT2D eigenvalue weighted by atomic mass is 16.1. The minimum Gasteiger partial charge on any atom is -0.344 e. The predicted molar refractivity (Wildman–Crippen MR) is 83.7 cm³/mol. The molecule has 0 bridgehead atoms. The van der Waals surface area contributed by atoms with E-state index in [1.54, 1.807) is 36.9 Å². The van der Waals surface area contributed by atoms with E-state index in [0.717, 1.165) is 11.3 Å². The van der Waals surface area contributed by atoms with Crippen LogP contribution in [0.5, 0.6) is 0 Å². The Balaban J connectivity index is 1.70. The number of imidazole rings is 1. The smallest absolute Gasteiger partial charge is 0.270 e. The molecule has 0 saturated carbocycles. The quantitative estimate of drug-likeness (QED) is 0.804. The lowest BCUT2D eigenvalue weighted by Crippen LogP contribution is -2.27. The highest BCUT2D eigenvalue weighted by Crippen LogP contribution is 2.16. The molecule has 1 unspecified atom stereocenters. The van der Waals surface area contributed by atoms with E-state index >= 15 is 0 Å². The number of benzene rings is 1. The van der Waals surface area contributed by atoms with E-state index in [0.29, 0.717) is 5.69 Å². The van der Waals surface area contributed by atoms with E-state index in [-0.39, 0.29) is 11.9 Å². The molecule has 3 aromatic rings. The number of aromatic nitrogens is 3. The largest absolute Gasteiger partial charge is 0.344 e. The molecule has 0 spiro atoms. The van der Waals surface area contributed by atoms with Crippen LogP contribution in [0.25, 0.3) is 5.69 Å². The molecule has 0 radical (unpaired) electrons. The van der Waals surface area contributed by atoms with Crippen LogP contribution in [0.3, 0.4) is 0 Å².